The molecule has 29 heavy (non-hydrogen) atoms. The number of nitrogens with zero attached hydrogens (tertiary/aromatic N) is 5. The summed E-state index contributed by atoms with van der Waals surface area (Å²) < 4.78 is 3.64. The fraction of sp³-hybridized carbons (Fsp3) is 0.273. The van der Waals surface area contributed by atoms with Gasteiger partial charge in [-0.15, -0.1) is 0 Å². The van der Waals surface area contributed by atoms with Crippen molar-refractivity contribution >= 4 is 22.8 Å². The third kappa shape index (κ3) is 3.51. The van der Waals surface area contributed by atoms with Gasteiger partial charge in [-0.1, -0.05) is 37.3 Å². The molecule has 0 bridgehead atoms. The lowest BCUT2D eigenvalue weighted by Gasteiger charge is -2.15. The molecule has 0 fully saturated rings. The van der Waals surface area contributed by atoms with E-state index in [4.69, 9.17) is 4.98 Å². The van der Waals surface area contributed by atoms with E-state index in [1.165, 1.54) is 0 Å². The number of fused-ring (bicyclic) bond motifs is 1. The van der Waals surface area contributed by atoms with Crippen molar-refractivity contribution in [1.29, 1.82) is 0 Å². The molecule has 0 aliphatic rings. The predicted molar refractivity (Wildman–Crippen MR) is 114 cm³/mol. The minimum atomic E-state index is -0.199. The molecule has 0 saturated carbocycles. The van der Waals surface area contributed by atoms with Crippen molar-refractivity contribution in [3.63, 3.8) is 0 Å². The van der Waals surface area contributed by atoms with Gasteiger partial charge in [0, 0.05) is 18.2 Å². The average Bonchev–Trinajstić information content (AvgIpc) is 3.39. The van der Waals surface area contributed by atoms with E-state index in [1.54, 1.807) is 12.4 Å². The van der Waals surface area contributed by atoms with Crippen LogP contribution in [0.5, 0.6) is 0 Å². The maximum atomic E-state index is 13.3. The first-order valence-electron chi connectivity index (χ1n) is 9.89. The first-order chi connectivity index (χ1) is 14.1. The fourth-order valence-corrected chi connectivity index (χ4v) is 3.34. The third-order valence-electron chi connectivity index (χ3n) is 5.14. The highest BCUT2D eigenvalue weighted by molar-refractivity contribution is 6.12. The summed E-state index contributed by atoms with van der Waals surface area (Å²) in [7, 11) is 0. The van der Waals surface area contributed by atoms with Crippen LogP contribution in [0.2, 0.25) is 0 Å². The molecule has 1 atom stereocenters. The number of hydrogen-bond donors (Lipinski definition) is 1. The molecule has 148 valence electrons. The highest BCUT2D eigenvalue weighted by Gasteiger charge is 2.19. The van der Waals surface area contributed by atoms with Crippen LogP contribution in [0.25, 0.3) is 22.3 Å². The maximum Gasteiger partial charge on any atom is 0.257 e. The number of anilines is 1. The molecule has 0 radical (unpaired) electrons. The standard InChI is InChI=1S/C22H24N6O/c1-4-15(3)28-20(11-12-23-28)26-22(29)17-13-19(16-9-7-6-8-10-16)25-21-18(17)14-24-27(21)5-2/h6-15H,4-5H2,1-3H3,(H,26,29). The van der Waals surface area contributed by atoms with Crippen LogP contribution < -0.4 is 5.32 Å². The Bertz CT molecular complexity index is 1140. The Morgan fingerprint density at radius 2 is 1.93 bits per heavy atom. The van der Waals surface area contributed by atoms with Crippen molar-refractivity contribution in [2.75, 3.05) is 5.32 Å². The summed E-state index contributed by atoms with van der Waals surface area (Å²) in [6.45, 7) is 6.85. The normalized spacial score (nSPS) is 12.2. The first kappa shape index (κ1) is 18.9. The van der Waals surface area contributed by atoms with Crippen molar-refractivity contribution in [2.45, 2.75) is 39.8 Å². The number of hydrogen-bond acceptors (Lipinski definition) is 4. The van der Waals surface area contributed by atoms with Gasteiger partial charge < -0.3 is 5.32 Å². The van der Waals surface area contributed by atoms with E-state index in [0.29, 0.717) is 23.6 Å². The van der Waals surface area contributed by atoms with E-state index < -0.39 is 0 Å². The Hall–Kier alpha value is -3.48. The van der Waals surface area contributed by atoms with Gasteiger partial charge in [-0.05, 0) is 26.3 Å². The van der Waals surface area contributed by atoms with Gasteiger partial charge in [-0.3, -0.25) is 4.79 Å². The maximum absolute atomic E-state index is 13.3. The molecule has 1 unspecified atom stereocenters. The summed E-state index contributed by atoms with van der Waals surface area (Å²) in [6, 6.07) is 13.7. The Morgan fingerprint density at radius 1 is 1.14 bits per heavy atom. The Morgan fingerprint density at radius 3 is 2.66 bits per heavy atom. The average molecular weight is 388 g/mol. The largest absolute Gasteiger partial charge is 0.307 e. The number of aryl methyl sites for hydroxylation is 1. The number of rotatable bonds is 6. The second-order valence-corrected chi connectivity index (χ2v) is 6.99. The van der Waals surface area contributed by atoms with E-state index in [-0.39, 0.29) is 11.9 Å². The molecule has 4 rings (SSSR count). The summed E-state index contributed by atoms with van der Waals surface area (Å²) in [5, 5.41) is 12.5. The molecule has 1 N–H and O–H groups in total. The van der Waals surface area contributed by atoms with Crippen molar-refractivity contribution in [1.82, 2.24) is 24.5 Å². The van der Waals surface area contributed by atoms with Crippen LogP contribution in [-0.2, 0) is 6.54 Å². The molecule has 7 heteroatoms. The van der Waals surface area contributed by atoms with Gasteiger partial charge in [0.25, 0.3) is 5.91 Å². The fourth-order valence-electron chi connectivity index (χ4n) is 3.34. The van der Waals surface area contributed by atoms with Crippen LogP contribution in [0.3, 0.4) is 0 Å². The smallest absolute Gasteiger partial charge is 0.257 e. The van der Waals surface area contributed by atoms with Crippen molar-refractivity contribution in [3.05, 3.63) is 60.4 Å². The summed E-state index contributed by atoms with van der Waals surface area (Å²) >= 11 is 0. The van der Waals surface area contributed by atoms with Crippen LogP contribution in [0.4, 0.5) is 5.82 Å². The predicted octanol–water partition coefficient (Wildman–Crippen LogP) is 4.54. The van der Waals surface area contributed by atoms with Crippen LogP contribution in [0, 0.1) is 0 Å². The summed E-state index contributed by atoms with van der Waals surface area (Å²) in [6.07, 6.45) is 4.33. The van der Waals surface area contributed by atoms with Crippen LogP contribution >= 0.6 is 0 Å². The topological polar surface area (TPSA) is 77.6 Å². The molecular formula is C22H24N6O. The number of aromatic nitrogens is 5. The van der Waals surface area contributed by atoms with E-state index in [9.17, 15) is 4.79 Å². The number of nitrogens with one attached hydrogen (secondary N) is 1. The second kappa shape index (κ2) is 7.87. The SMILES string of the molecule is CCC(C)n1nccc1NC(=O)c1cc(-c2ccccc2)nc2c1cnn2CC. The minimum absolute atomic E-state index is 0.195. The van der Waals surface area contributed by atoms with Crippen molar-refractivity contribution in [2.24, 2.45) is 0 Å². The lowest BCUT2D eigenvalue weighted by atomic mass is 10.1. The first-order valence-corrected chi connectivity index (χ1v) is 9.89. The molecular weight excluding hydrogens is 364 g/mol. The Kier molecular flexibility index (Phi) is 5.12. The Balaban J connectivity index is 1.79. The molecule has 0 aliphatic heterocycles. The van der Waals surface area contributed by atoms with Crippen LogP contribution in [-0.4, -0.2) is 30.5 Å². The van der Waals surface area contributed by atoms with Gasteiger partial charge in [-0.2, -0.15) is 10.2 Å². The molecule has 0 spiro atoms. The number of carbonyl (C=O) groups is 1. The highest BCUT2D eigenvalue weighted by Crippen LogP contribution is 2.26. The third-order valence-corrected chi connectivity index (χ3v) is 5.14. The van der Waals surface area contributed by atoms with Gasteiger partial charge in [0.1, 0.15) is 5.82 Å². The van der Waals surface area contributed by atoms with Crippen LogP contribution in [0.15, 0.2) is 54.9 Å². The molecule has 4 aromatic rings. The molecule has 7 nitrogen and oxygen atoms in total. The number of carbonyl (C=O) groups excluding carboxylic acids is 1. The molecule has 1 amide bonds. The Labute approximate surface area is 169 Å². The van der Waals surface area contributed by atoms with Gasteiger partial charge in [0.2, 0.25) is 0 Å². The summed E-state index contributed by atoms with van der Waals surface area (Å²) in [4.78, 5) is 18.0. The zero-order chi connectivity index (χ0) is 20.4. The van der Waals surface area contributed by atoms with E-state index >= 15 is 0 Å². The van der Waals surface area contributed by atoms with E-state index in [1.807, 2.05) is 58.8 Å². The highest BCUT2D eigenvalue weighted by atomic mass is 16.1. The zero-order valence-electron chi connectivity index (χ0n) is 16.8. The van der Waals surface area contributed by atoms with Gasteiger partial charge >= 0.3 is 0 Å². The summed E-state index contributed by atoms with van der Waals surface area (Å²) in [5.41, 5.74) is 2.95. The lowest BCUT2D eigenvalue weighted by molar-refractivity contribution is 0.102. The van der Waals surface area contributed by atoms with Gasteiger partial charge in [0.15, 0.2) is 5.65 Å². The number of benzene rings is 1. The monoisotopic (exact) mass is 388 g/mol. The minimum Gasteiger partial charge on any atom is -0.307 e. The molecule has 0 aliphatic carbocycles. The van der Waals surface area contributed by atoms with E-state index in [0.717, 1.165) is 23.1 Å². The number of pyridine rings is 1. The molecule has 0 saturated heterocycles. The van der Waals surface area contributed by atoms with Crippen molar-refractivity contribution < 1.29 is 4.79 Å². The van der Waals surface area contributed by atoms with Gasteiger partial charge in [0.05, 0.1) is 35.1 Å². The quantitative estimate of drug-likeness (QED) is 0.526. The molecule has 3 aromatic heterocycles. The lowest BCUT2D eigenvalue weighted by Crippen LogP contribution is -2.18. The molecule has 3 heterocycles. The van der Waals surface area contributed by atoms with Crippen LogP contribution in [0.1, 0.15) is 43.6 Å². The van der Waals surface area contributed by atoms with Gasteiger partial charge in [-0.25, -0.2) is 14.3 Å². The number of amides is 1. The second-order valence-electron chi connectivity index (χ2n) is 6.99. The summed E-state index contributed by atoms with van der Waals surface area (Å²) in [5.74, 6) is 0.480. The van der Waals surface area contributed by atoms with E-state index in [2.05, 4.69) is 29.4 Å². The molecule has 1 aromatic carbocycles. The van der Waals surface area contributed by atoms with Crippen molar-refractivity contribution in [3.8, 4) is 11.3 Å². The zero-order valence-corrected chi connectivity index (χ0v) is 16.8.